The van der Waals surface area contributed by atoms with E-state index in [1.807, 2.05) is 60.8 Å². The van der Waals surface area contributed by atoms with Crippen LogP contribution in [0.2, 0.25) is 5.04 Å². The van der Waals surface area contributed by atoms with Crippen LogP contribution in [-0.2, 0) is 20.5 Å². The van der Waals surface area contributed by atoms with Crippen LogP contribution in [0.5, 0.6) is 0 Å². The SMILES string of the molecule is CO[C@H](C[C@H](OCc1ccccc1)[C@](C)(O)CO[Si](c1ccccc1)(c1ccccc1)C(C)(C)C)C1SCCS1. The topological polar surface area (TPSA) is 47.9 Å². The van der Waals surface area contributed by atoms with E-state index in [0.29, 0.717) is 17.6 Å². The number of benzene rings is 3. The van der Waals surface area contributed by atoms with Crippen molar-refractivity contribution in [3.63, 3.8) is 0 Å². The molecule has 3 atom stereocenters. The molecule has 1 aliphatic rings. The zero-order chi connectivity index (χ0) is 28.6. The first-order valence-corrected chi connectivity index (χ1v) is 18.1. The standard InChI is InChI=1S/C33H44O4S2Si/c1-32(2,3)40(27-17-11-7-12-18-27,28-19-13-8-14-20-28)37-25-33(4,34)30(36-24-26-15-9-6-10-16-26)23-29(35-5)31-38-21-22-39-31/h6-20,29-31,34H,21-25H2,1-5H3/t29-,30+,33-/m1/s1. The molecule has 1 N–H and O–H groups in total. The lowest BCUT2D eigenvalue weighted by Gasteiger charge is -2.45. The molecule has 0 radical (unpaired) electrons. The minimum Gasteiger partial charge on any atom is -0.404 e. The van der Waals surface area contributed by atoms with E-state index in [-0.39, 0.29) is 17.7 Å². The highest BCUT2D eigenvalue weighted by atomic mass is 32.2. The lowest BCUT2D eigenvalue weighted by atomic mass is 9.95. The van der Waals surface area contributed by atoms with Gasteiger partial charge < -0.3 is 19.0 Å². The summed E-state index contributed by atoms with van der Waals surface area (Å²) in [7, 11) is -1.05. The lowest BCUT2D eigenvalue weighted by molar-refractivity contribution is -0.137. The molecular weight excluding hydrogens is 553 g/mol. The zero-order valence-electron chi connectivity index (χ0n) is 24.4. The monoisotopic (exact) mass is 596 g/mol. The highest BCUT2D eigenvalue weighted by molar-refractivity contribution is 8.20. The Labute approximate surface area is 250 Å². The van der Waals surface area contributed by atoms with Gasteiger partial charge in [0.25, 0.3) is 8.32 Å². The van der Waals surface area contributed by atoms with Gasteiger partial charge in [-0.2, -0.15) is 0 Å². The summed E-state index contributed by atoms with van der Waals surface area (Å²) in [5.74, 6) is 2.25. The summed E-state index contributed by atoms with van der Waals surface area (Å²) in [5.41, 5.74) is -0.165. The summed E-state index contributed by atoms with van der Waals surface area (Å²) in [6.07, 6.45) is 0.0840. The van der Waals surface area contributed by atoms with Crippen LogP contribution < -0.4 is 10.4 Å². The Kier molecular flexibility index (Phi) is 11.0. The molecule has 0 unspecified atom stereocenters. The van der Waals surface area contributed by atoms with Crippen molar-refractivity contribution < 1.29 is 19.0 Å². The average Bonchev–Trinajstić information content (AvgIpc) is 3.49. The summed E-state index contributed by atoms with van der Waals surface area (Å²) in [6.45, 7) is 9.21. The third-order valence-corrected chi connectivity index (χ3v) is 15.9. The quantitative estimate of drug-likeness (QED) is 0.240. The summed E-state index contributed by atoms with van der Waals surface area (Å²) in [6, 6.07) is 31.3. The molecule has 1 saturated heterocycles. The van der Waals surface area contributed by atoms with Gasteiger partial charge in [0.05, 0.1) is 30.0 Å². The Bertz CT molecular complexity index is 1110. The number of aliphatic hydroxyl groups is 1. The molecule has 1 heterocycles. The smallest absolute Gasteiger partial charge is 0.261 e. The van der Waals surface area contributed by atoms with E-state index in [2.05, 4.69) is 81.4 Å². The molecule has 0 spiro atoms. The van der Waals surface area contributed by atoms with Crippen molar-refractivity contribution in [3.05, 3.63) is 96.6 Å². The van der Waals surface area contributed by atoms with E-state index < -0.39 is 20.0 Å². The van der Waals surface area contributed by atoms with Crippen molar-refractivity contribution in [1.29, 1.82) is 0 Å². The third-order valence-electron chi connectivity index (χ3n) is 7.69. The van der Waals surface area contributed by atoms with Crippen molar-refractivity contribution in [2.45, 2.75) is 68.2 Å². The van der Waals surface area contributed by atoms with Gasteiger partial charge in [0.1, 0.15) is 5.60 Å². The highest BCUT2D eigenvalue weighted by Crippen LogP contribution is 2.40. The van der Waals surface area contributed by atoms with Gasteiger partial charge in [0.15, 0.2) is 0 Å². The lowest BCUT2D eigenvalue weighted by Crippen LogP contribution is -2.68. The molecule has 216 valence electrons. The Hall–Kier alpha value is -1.58. The van der Waals surface area contributed by atoms with Gasteiger partial charge in [-0.1, -0.05) is 112 Å². The fraction of sp³-hybridized carbons (Fsp3) is 0.455. The van der Waals surface area contributed by atoms with Gasteiger partial charge in [-0.05, 0) is 27.9 Å². The molecule has 1 aliphatic heterocycles. The number of thioether (sulfide) groups is 2. The first-order valence-electron chi connectivity index (χ1n) is 14.1. The van der Waals surface area contributed by atoms with E-state index in [0.717, 1.165) is 17.1 Å². The summed E-state index contributed by atoms with van der Waals surface area (Å²) in [5, 5.41) is 14.4. The van der Waals surface area contributed by atoms with Crippen LogP contribution in [0.25, 0.3) is 0 Å². The van der Waals surface area contributed by atoms with Gasteiger partial charge in [-0.25, -0.2) is 0 Å². The summed E-state index contributed by atoms with van der Waals surface area (Å²) in [4.78, 5) is 0. The second-order valence-electron chi connectivity index (χ2n) is 11.7. The van der Waals surface area contributed by atoms with Crippen LogP contribution >= 0.6 is 23.5 Å². The van der Waals surface area contributed by atoms with Gasteiger partial charge >= 0.3 is 0 Å². The summed E-state index contributed by atoms with van der Waals surface area (Å²) < 4.78 is 20.0. The molecule has 0 aliphatic carbocycles. The van der Waals surface area contributed by atoms with Gasteiger partial charge in [0, 0.05) is 25.0 Å². The Morgan fingerprint density at radius 3 is 1.80 bits per heavy atom. The fourth-order valence-corrected chi connectivity index (χ4v) is 13.2. The van der Waals surface area contributed by atoms with E-state index >= 15 is 0 Å². The van der Waals surface area contributed by atoms with E-state index in [1.54, 1.807) is 7.11 Å². The number of hydrogen-bond donors (Lipinski definition) is 1. The molecule has 40 heavy (non-hydrogen) atoms. The first kappa shape index (κ1) is 31.4. The van der Waals surface area contributed by atoms with Crippen LogP contribution in [0.4, 0.5) is 0 Å². The number of hydrogen-bond acceptors (Lipinski definition) is 6. The Morgan fingerprint density at radius 1 is 0.825 bits per heavy atom. The molecule has 4 rings (SSSR count). The van der Waals surface area contributed by atoms with Crippen LogP contribution in [0.1, 0.15) is 39.7 Å². The maximum atomic E-state index is 12.2. The molecule has 0 aromatic heterocycles. The number of rotatable bonds is 13. The van der Waals surface area contributed by atoms with Crippen LogP contribution in [-0.4, -0.2) is 61.0 Å². The molecule has 1 fully saturated rings. The van der Waals surface area contributed by atoms with Crippen molar-refractivity contribution in [3.8, 4) is 0 Å². The molecule has 0 saturated carbocycles. The first-order chi connectivity index (χ1) is 19.2. The normalized spacial score (nSPS) is 17.9. The molecular formula is C33H44O4S2Si. The largest absolute Gasteiger partial charge is 0.404 e. The average molecular weight is 597 g/mol. The van der Waals surface area contributed by atoms with E-state index in [1.165, 1.54) is 10.4 Å². The highest BCUT2D eigenvalue weighted by Gasteiger charge is 2.52. The second kappa shape index (κ2) is 14.1. The molecule has 3 aromatic rings. The number of ether oxygens (including phenoxy) is 2. The maximum absolute atomic E-state index is 12.2. The number of methoxy groups -OCH3 is 1. The Morgan fingerprint density at radius 2 is 1.32 bits per heavy atom. The van der Waals surface area contributed by atoms with Crippen molar-refractivity contribution in [2.24, 2.45) is 0 Å². The van der Waals surface area contributed by atoms with Crippen LogP contribution in [0.3, 0.4) is 0 Å². The molecule has 4 nitrogen and oxygen atoms in total. The van der Waals surface area contributed by atoms with Crippen LogP contribution in [0.15, 0.2) is 91.0 Å². The van der Waals surface area contributed by atoms with Gasteiger partial charge in [-0.15, -0.1) is 23.5 Å². The third kappa shape index (κ3) is 7.43. The van der Waals surface area contributed by atoms with Crippen molar-refractivity contribution in [2.75, 3.05) is 25.2 Å². The minimum atomic E-state index is -2.82. The van der Waals surface area contributed by atoms with E-state index in [9.17, 15) is 5.11 Å². The van der Waals surface area contributed by atoms with Crippen LogP contribution in [0, 0.1) is 0 Å². The molecule has 3 aromatic carbocycles. The zero-order valence-corrected chi connectivity index (χ0v) is 27.0. The van der Waals surface area contributed by atoms with Gasteiger partial charge in [0.2, 0.25) is 0 Å². The molecule has 0 bridgehead atoms. The molecule has 7 heteroatoms. The van der Waals surface area contributed by atoms with Gasteiger partial charge in [-0.3, -0.25) is 0 Å². The maximum Gasteiger partial charge on any atom is 0.261 e. The van der Waals surface area contributed by atoms with Crippen molar-refractivity contribution in [1.82, 2.24) is 0 Å². The minimum absolute atomic E-state index is 0.0300. The fourth-order valence-electron chi connectivity index (χ4n) is 5.50. The predicted octanol–water partition coefficient (Wildman–Crippen LogP) is 6.11. The Balaban J connectivity index is 1.65. The molecule has 0 amide bonds. The van der Waals surface area contributed by atoms with Crippen molar-refractivity contribution >= 4 is 42.2 Å². The summed E-state index contributed by atoms with van der Waals surface area (Å²) >= 11 is 3.87. The van der Waals surface area contributed by atoms with E-state index in [4.69, 9.17) is 13.9 Å². The second-order valence-corrected chi connectivity index (χ2v) is 18.8. The predicted molar refractivity (Wildman–Crippen MR) is 173 cm³/mol.